The van der Waals surface area contributed by atoms with E-state index >= 15 is 0 Å². The van der Waals surface area contributed by atoms with E-state index < -0.39 is 0 Å². The highest BCUT2D eigenvalue weighted by molar-refractivity contribution is 7.17. The SMILES string of the molecule is COc1ccc(COCCN2CCN(c3cc(Nc4ncc(C(=O)OC(C)C)s4)nc(C)n3)CC2)cc1. The van der Waals surface area contributed by atoms with E-state index in [9.17, 15) is 4.79 Å². The van der Waals surface area contributed by atoms with Crippen LogP contribution < -0.4 is 15.0 Å². The molecule has 3 heterocycles. The second-order valence-electron chi connectivity index (χ2n) is 9.00. The Labute approximate surface area is 221 Å². The normalized spacial score (nSPS) is 14.1. The van der Waals surface area contributed by atoms with E-state index in [-0.39, 0.29) is 12.1 Å². The molecule has 11 heteroatoms. The van der Waals surface area contributed by atoms with Gasteiger partial charge in [0.15, 0.2) is 5.13 Å². The average Bonchev–Trinajstić information content (AvgIpc) is 3.35. The molecule has 0 atom stereocenters. The molecule has 1 aromatic carbocycles. The van der Waals surface area contributed by atoms with Crippen molar-refractivity contribution >= 4 is 34.1 Å². The molecule has 37 heavy (non-hydrogen) atoms. The number of carbonyl (C=O) groups is 1. The topological polar surface area (TPSA) is 102 Å². The van der Waals surface area contributed by atoms with E-state index in [2.05, 4.69) is 30.1 Å². The Balaban J connectivity index is 1.24. The summed E-state index contributed by atoms with van der Waals surface area (Å²) in [5.74, 6) is 2.68. The zero-order valence-electron chi connectivity index (χ0n) is 21.8. The van der Waals surface area contributed by atoms with Gasteiger partial charge in [0.1, 0.15) is 28.1 Å². The third-order valence-electron chi connectivity index (χ3n) is 5.78. The van der Waals surface area contributed by atoms with Gasteiger partial charge in [-0.2, -0.15) is 0 Å². The van der Waals surface area contributed by atoms with Gasteiger partial charge in [-0.05, 0) is 38.5 Å². The number of piperazine rings is 1. The molecule has 4 rings (SSSR count). The molecule has 0 aliphatic carbocycles. The number of benzene rings is 1. The van der Waals surface area contributed by atoms with Crippen molar-refractivity contribution in [3.8, 4) is 5.75 Å². The van der Waals surface area contributed by atoms with Gasteiger partial charge in [-0.3, -0.25) is 4.90 Å². The summed E-state index contributed by atoms with van der Waals surface area (Å²) in [7, 11) is 1.67. The molecule has 1 fully saturated rings. The highest BCUT2D eigenvalue weighted by Crippen LogP contribution is 2.25. The molecule has 0 bridgehead atoms. The van der Waals surface area contributed by atoms with Gasteiger partial charge in [-0.25, -0.2) is 19.7 Å². The second kappa shape index (κ2) is 12.8. The van der Waals surface area contributed by atoms with Crippen molar-refractivity contribution in [1.82, 2.24) is 19.9 Å². The lowest BCUT2D eigenvalue weighted by Gasteiger charge is -2.35. The molecule has 3 aromatic rings. The number of hydrogen-bond acceptors (Lipinski definition) is 11. The van der Waals surface area contributed by atoms with Crippen LogP contribution in [0.3, 0.4) is 0 Å². The number of aryl methyl sites for hydroxylation is 1. The zero-order valence-corrected chi connectivity index (χ0v) is 22.6. The Morgan fingerprint density at radius 1 is 1.14 bits per heavy atom. The van der Waals surface area contributed by atoms with Crippen molar-refractivity contribution < 1.29 is 19.0 Å². The predicted octanol–water partition coefficient (Wildman–Crippen LogP) is 3.90. The molecule has 0 saturated carbocycles. The first-order valence-electron chi connectivity index (χ1n) is 12.4. The summed E-state index contributed by atoms with van der Waals surface area (Å²) in [5.41, 5.74) is 1.14. The summed E-state index contributed by atoms with van der Waals surface area (Å²) >= 11 is 1.24. The Morgan fingerprint density at radius 3 is 2.59 bits per heavy atom. The van der Waals surface area contributed by atoms with Crippen LogP contribution in [0.1, 0.15) is 34.9 Å². The monoisotopic (exact) mass is 526 g/mol. The average molecular weight is 527 g/mol. The number of anilines is 3. The molecule has 1 saturated heterocycles. The maximum atomic E-state index is 12.1. The molecular weight excluding hydrogens is 492 g/mol. The van der Waals surface area contributed by atoms with Gasteiger partial charge in [0.25, 0.3) is 0 Å². The maximum absolute atomic E-state index is 12.1. The van der Waals surface area contributed by atoms with E-state index in [1.54, 1.807) is 7.11 Å². The zero-order chi connectivity index (χ0) is 26.2. The lowest BCUT2D eigenvalue weighted by Crippen LogP contribution is -2.47. The largest absolute Gasteiger partial charge is 0.497 e. The fourth-order valence-corrected chi connectivity index (χ4v) is 4.60. The van der Waals surface area contributed by atoms with Gasteiger partial charge >= 0.3 is 5.97 Å². The van der Waals surface area contributed by atoms with Gasteiger partial charge in [-0.1, -0.05) is 23.5 Å². The van der Waals surface area contributed by atoms with Crippen LogP contribution in [-0.2, 0) is 16.1 Å². The van der Waals surface area contributed by atoms with Crippen molar-refractivity contribution in [2.75, 3.05) is 56.7 Å². The molecule has 0 radical (unpaired) electrons. The fourth-order valence-electron chi connectivity index (χ4n) is 3.89. The van der Waals surface area contributed by atoms with Crippen molar-refractivity contribution in [3.63, 3.8) is 0 Å². The van der Waals surface area contributed by atoms with Crippen LogP contribution in [0.5, 0.6) is 5.75 Å². The Kier molecular flexibility index (Phi) is 9.26. The number of methoxy groups -OCH3 is 1. The number of carbonyl (C=O) groups excluding carboxylic acids is 1. The number of rotatable bonds is 11. The van der Waals surface area contributed by atoms with Crippen LogP contribution >= 0.6 is 11.3 Å². The van der Waals surface area contributed by atoms with Crippen molar-refractivity contribution in [1.29, 1.82) is 0 Å². The van der Waals surface area contributed by atoms with Gasteiger partial charge < -0.3 is 24.4 Å². The summed E-state index contributed by atoms with van der Waals surface area (Å²) in [4.78, 5) is 30.7. The van der Waals surface area contributed by atoms with Crippen molar-refractivity contribution in [2.45, 2.75) is 33.5 Å². The summed E-state index contributed by atoms with van der Waals surface area (Å²) < 4.78 is 16.3. The van der Waals surface area contributed by atoms with Gasteiger partial charge in [0.05, 0.1) is 32.6 Å². The summed E-state index contributed by atoms with van der Waals surface area (Å²) in [6.07, 6.45) is 1.34. The first-order chi connectivity index (χ1) is 17.9. The van der Waals surface area contributed by atoms with E-state index in [0.717, 1.165) is 49.9 Å². The highest BCUT2D eigenvalue weighted by Gasteiger charge is 2.19. The molecule has 198 valence electrons. The predicted molar refractivity (Wildman–Crippen MR) is 144 cm³/mol. The van der Waals surface area contributed by atoms with E-state index in [4.69, 9.17) is 14.2 Å². The van der Waals surface area contributed by atoms with Crippen LogP contribution in [0.25, 0.3) is 0 Å². The summed E-state index contributed by atoms with van der Waals surface area (Å²) in [5, 5.41) is 3.79. The molecule has 0 amide bonds. The number of hydrogen-bond donors (Lipinski definition) is 1. The lowest BCUT2D eigenvalue weighted by atomic mass is 10.2. The van der Waals surface area contributed by atoms with E-state index in [1.165, 1.54) is 17.5 Å². The molecule has 1 aliphatic rings. The maximum Gasteiger partial charge on any atom is 0.350 e. The standard InChI is InChI=1S/C26H34N6O4S/c1-18(2)36-25(33)22-16-27-26(37-22)30-23-15-24(29-19(3)28-23)32-11-9-31(10-12-32)13-14-35-17-20-5-7-21(34-4)8-6-20/h5-8,15-16,18H,9-14,17H2,1-4H3,(H,27,28,29,30). The van der Waals surface area contributed by atoms with Crippen LogP contribution in [0.2, 0.25) is 0 Å². The third kappa shape index (κ3) is 7.85. The number of ether oxygens (including phenoxy) is 3. The van der Waals surface area contributed by atoms with Gasteiger partial charge in [0.2, 0.25) is 0 Å². The Morgan fingerprint density at radius 2 is 1.89 bits per heavy atom. The van der Waals surface area contributed by atoms with Crippen LogP contribution in [0.15, 0.2) is 36.5 Å². The number of nitrogens with zero attached hydrogens (tertiary/aromatic N) is 5. The number of thiazole rings is 1. The second-order valence-corrected chi connectivity index (χ2v) is 10.0. The molecule has 0 unspecified atom stereocenters. The quantitative estimate of drug-likeness (QED) is 0.292. The lowest BCUT2D eigenvalue weighted by molar-refractivity contribution is 0.0383. The van der Waals surface area contributed by atoms with Crippen LogP contribution in [-0.4, -0.2) is 78.4 Å². The van der Waals surface area contributed by atoms with Gasteiger partial charge in [-0.15, -0.1) is 0 Å². The van der Waals surface area contributed by atoms with Crippen LogP contribution in [0.4, 0.5) is 16.8 Å². The minimum Gasteiger partial charge on any atom is -0.497 e. The first-order valence-corrected chi connectivity index (χ1v) is 13.2. The number of aromatic nitrogens is 3. The molecule has 1 N–H and O–H groups in total. The minimum atomic E-state index is -0.371. The highest BCUT2D eigenvalue weighted by atomic mass is 32.1. The van der Waals surface area contributed by atoms with Crippen molar-refractivity contribution in [3.05, 3.63) is 52.8 Å². The van der Waals surface area contributed by atoms with E-state index in [0.29, 0.717) is 34.9 Å². The smallest absolute Gasteiger partial charge is 0.350 e. The Bertz CT molecular complexity index is 1160. The van der Waals surface area contributed by atoms with E-state index in [1.807, 2.05) is 51.1 Å². The molecular formula is C26H34N6O4S. The molecule has 2 aromatic heterocycles. The summed E-state index contributed by atoms with van der Waals surface area (Å²) in [6, 6.07) is 9.88. The number of nitrogens with one attached hydrogen (secondary N) is 1. The van der Waals surface area contributed by atoms with Gasteiger partial charge in [0, 0.05) is 38.8 Å². The molecule has 0 spiro atoms. The number of esters is 1. The molecule has 1 aliphatic heterocycles. The summed E-state index contributed by atoms with van der Waals surface area (Å²) in [6.45, 7) is 11.3. The van der Waals surface area contributed by atoms with Crippen molar-refractivity contribution in [2.24, 2.45) is 0 Å². The first kappa shape index (κ1) is 26.8. The van der Waals surface area contributed by atoms with Crippen LogP contribution in [0, 0.1) is 6.92 Å². The fraction of sp³-hybridized carbons (Fsp3) is 0.462. The minimum absolute atomic E-state index is 0.176. The molecule has 10 nitrogen and oxygen atoms in total. The Hall–Kier alpha value is -3.28. The third-order valence-corrected chi connectivity index (χ3v) is 6.68.